The van der Waals surface area contributed by atoms with Gasteiger partial charge in [-0.15, -0.1) is 0 Å². The first-order valence-electron chi connectivity index (χ1n) is 10.2. The lowest BCUT2D eigenvalue weighted by atomic mass is 9.84. The number of alkyl halides is 4. The van der Waals surface area contributed by atoms with Crippen LogP contribution in [0.4, 0.5) is 32.0 Å². The minimum Gasteiger partial charge on any atom is -0.467 e. The quantitative estimate of drug-likeness (QED) is 0.555. The van der Waals surface area contributed by atoms with Crippen LogP contribution in [0, 0.1) is 23.5 Å². The topological polar surface area (TPSA) is 102 Å². The minimum atomic E-state index is -4.58. The van der Waals surface area contributed by atoms with E-state index in [1.165, 1.54) is 13.0 Å². The number of hydrogen-bond donors (Lipinski definition) is 2. The first kappa shape index (κ1) is 25.1. The van der Waals surface area contributed by atoms with E-state index < -0.39 is 59.1 Å². The van der Waals surface area contributed by atoms with Gasteiger partial charge in [-0.2, -0.15) is 13.2 Å². The predicted octanol–water partition coefficient (Wildman–Crippen LogP) is 4.20. The van der Waals surface area contributed by atoms with Crippen molar-refractivity contribution in [3.63, 3.8) is 0 Å². The van der Waals surface area contributed by atoms with Crippen LogP contribution in [0.3, 0.4) is 0 Å². The van der Waals surface area contributed by atoms with Crippen LogP contribution in [0.1, 0.15) is 29.9 Å². The Labute approximate surface area is 199 Å². The standard InChI is InChI=1S/C21H19F6N5O2S/c1-9-16-19(2,32-18(28)35-20(9,16)7-22)11-3-10(4-12(23)15(11)24)31-17(33)13-5-30-14(6-29-13)34-8-21(25,26)27/h3-6,9,16H,7-8H2,1-2H3,(H2,28,32)(H,31,33)/t9-,16-,19+,20?/m0/s1. The highest BCUT2D eigenvalue weighted by atomic mass is 32.2. The van der Waals surface area contributed by atoms with Crippen molar-refractivity contribution in [2.24, 2.45) is 22.6 Å². The second-order valence-corrected chi connectivity index (χ2v) is 9.85. The molecule has 1 saturated carbocycles. The molecule has 1 aromatic carbocycles. The van der Waals surface area contributed by atoms with Crippen molar-refractivity contribution in [2.45, 2.75) is 30.3 Å². The first-order chi connectivity index (χ1) is 16.3. The van der Waals surface area contributed by atoms with Crippen LogP contribution in [0.25, 0.3) is 0 Å². The third-order valence-corrected chi connectivity index (χ3v) is 7.63. The Hall–Kier alpha value is -3.03. The molecule has 7 nitrogen and oxygen atoms in total. The van der Waals surface area contributed by atoms with Crippen molar-refractivity contribution >= 4 is 28.5 Å². The number of nitrogens with two attached hydrogens (primary N) is 1. The fourth-order valence-corrected chi connectivity index (χ4v) is 6.08. The van der Waals surface area contributed by atoms with Gasteiger partial charge in [-0.25, -0.2) is 23.1 Å². The van der Waals surface area contributed by atoms with E-state index in [0.717, 1.165) is 30.2 Å². The van der Waals surface area contributed by atoms with Gasteiger partial charge < -0.3 is 15.8 Å². The number of carbonyl (C=O) groups is 1. The number of nitrogens with one attached hydrogen (secondary N) is 1. The second-order valence-electron chi connectivity index (χ2n) is 8.47. The van der Waals surface area contributed by atoms with Crippen molar-refractivity contribution in [3.8, 4) is 5.88 Å². The summed E-state index contributed by atoms with van der Waals surface area (Å²) in [5.41, 5.74) is 3.85. The summed E-state index contributed by atoms with van der Waals surface area (Å²) >= 11 is 1.07. The highest BCUT2D eigenvalue weighted by Crippen LogP contribution is 2.69. The molecule has 0 spiro atoms. The third-order valence-electron chi connectivity index (χ3n) is 6.22. The zero-order chi connectivity index (χ0) is 25.8. The molecule has 2 heterocycles. The maximum Gasteiger partial charge on any atom is 0.422 e. The lowest BCUT2D eigenvalue weighted by Gasteiger charge is -2.33. The molecule has 14 heteroatoms. The van der Waals surface area contributed by atoms with E-state index in [2.05, 4.69) is 25.0 Å². The molecular weight excluding hydrogens is 500 g/mol. The maximum absolute atomic E-state index is 14.9. The van der Waals surface area contributed by atoms with E-state index in [9.17, 15) is 31.1 Å². The fourth-order valence-electron chi connectivity index (χ4n) is 4.58. The Morgan fingerprint density at radius 3 is 2.57 bits per heavy atom. The Balaban J connectivity index is 1.59. The third kappa shape index (κ3) is 4.50. The van der Waals surface area contributed by atoms with E-state index in [-0.39, 0.29) is 28.0 Å². The van der Waals surface area contributed by atoms with Crippen molar-refractivity contribution in [1.82, 2.24) is 9.97 Å². The average Bonchev–Trinajstić information content (AvgIpc) is 3.39. The molecule has 188 valence electrons. The summed E-state index contributed by atoms with van der Waals surface area (Å²) in [4.78, 5) is 24.1. The molecule has 1 unspecified atom stereocenters. The fraction of sp³-hybridized carbons (Fsp3) is 0.429. The average molecular weight is 519 g/mol. The number of fused-ring (bicyclic) bond motifs is 1. The smallest absolute Gasteiger partial charge is 0.422 e. The number of halogens is 6. The predicted molar refractivity (Wildman–Crippen MR) is 116 cm³/mol. The Kier molecular flexibility index (Phi) is 6.14. The number of amidine groups is 1. The number of ether oxygens (including phenoxy) is 1. The van der Waals surface area contributed by atoms with Crippen LogP contribution in [0.5, 0.6) is 5.88 Å². The molecule has 0 radical (unpaired) electrons. The lowest BCUT2D eigenvalue weighted by Crippen LogP contribution is -2.37. The Bertz CT molecular complexity index is 1190. The highest BCUT2D eigenvalue weighted by molar-refractivity contribution is 8.15. The van der Waals surface area contributed by atoms with Gasteiger partial charge in [-0.1, -0.05) is 18.7 Å². The number of aliphatic imine (C=N–C) groups is 1. The molecule has 35 heavy (non-hydrogen) atoms. The van der Waals surface area contributed by atoms with Crippen LogP contribution >= 0.6 is 11.8 Å². The van der Waals surface area contributed by atoms with Crippen LogP contribution < -0.4 is 15.8 Å². The van der Waals surface area contributed by atoms with Crippen LogP contribution in [0.15, 0.2) is 29.5 Å². The number of hydrogen-bond acceptors (Lipinski definition) is 7. The molecule has 2 aromatic rings. The van der Waals surface area contributed by atoms with Crippen LogP contribution in [0.2, 0.25) is 0 Å². The molecule has 4 atom stereocenters. The summed E-state index contributed by atoms with van der Waals surface area (Å²) in [6, 6.07) is 1.93. The van der Waals surface area contributed by atoms with Crippen LogP contribution in [-0.2, 0) is 5.54 Å². The van der Waals surface area contributed by atoms with E-state index >= 15 is 0 Å². The number of thioether (sulfide) groups is 1. The molecule has 1 aromatic heterocycles. The monoisotopic (exact) mass is 519 g/mol. The normalized spacial score (nSPS) is 27.6. The molecule has 1 fully saturated rings. The zero-order valence-corrected chi connectivity index (χ0v) is 19.1. The van der Waals surface area contributed by atoms with Crippen LogP contribution in [-0.4, -0.2) is 45.2 Å². The van der Waals surface area contributed by atoms with E-state index in [0.29, 0.717) is 0 Å². The number of aromatic nitrogens is 2. The zero-order valence-electron chi connectivity index (χ0n) is 18.3. The van der Waals surface area contributed by atoms with Crippen molar-refractivity contribution < 1.29 is 35.9 Å². The van der Waals surface area contributed by atoms with Gasteiger partial charge in [0.2, 0.25) is 5.88 Å². The van der Waals surface area contributed by atoms with Crippen molar-refractivity contribution in [2.75, 3.05) is 18.6 Å². The summed E-state index contributed by atoms with van der Waals surface area (Å²) in [7, 11) is 0. The van der Waals surface area contributed by atoms with Gasteiger partial charge in [0.25, 0.3) is 5.91 Å². The summed E-state index contributed by atoms with van der Waals surface area (Å²) in [5.74, 6) is -4.50. The first-order valence-corrected chi connectivity index (χ1v) is 11.0. The van der Waals surface area contributed by atoms with Gasteiger partial charge in [0.05, 0.1) is 22.7 Å². The summed E-state index contributed by atoms with van der Waals surface area (Å²) in [5, 5.41) is 2.39. The van der Waals surface area contributed by atoms with E-state index in [1.807, 2.05) is 0 Å². The number of benzene rings is 1. The highest BCUT2D eigenvalue weighted by Gasteiger charge is 2.72. The summed E-state index contributed by atoms with van der Waals surface area (Å²) in [6.45, 7) is 1.01. The SMILES string of the molecule is C[C@H]1[C@@H]2C1(CF)SC(N)=N[C@]2(C)c1cc(NC(=O)c2cnc(OCC(F)(F)F)cn2)cc(F)c1F. The molecule has 1 amide bonds. The Morgan fingerprint density at radius 1 is 1.26 bits per heavy atom. The molecular formula is C21H19F6N5O2S. The molecule has 4 rings (SSSR count). The van der Waals surface area contributed by atoms with Gasteiger partial charge in [-0.3, -0.25) is 9.79 Å². The van der Waals surface area contributed by atoms with Gasteiger partial charge >= 0.3 is 6.18 Å². The Morgan fingerprint density at radius 2 is 1.97 bits per heavy atom. The van der Waals surface area contributed by atoms with Gasteiger partial charge in [0.15, 0.2) is 23.4 Å². The lowest BCUT2D eigenvalue weighted by molar-refractivity contribution is -0.154. The van der Waals surface area contributed by atoms with Gasteiger partial charge in [0.1, 0.15) is 12.4 Å². The summed E-state index contributed by atoms with van der Waals surface area (Å²) < 4.78 is 83.6. The molecule has 0 saturated heterocycles. The minimum absolute atomic E-state index is 0.0445. The molecule has 1 aliphatic carbocycles. The number of nitrogens with zero attached hydrogens (tertiary/aromatic N) is 3. The van der Waals surface area contributed by atoms with E-state index in [4.69, 9.17) is 5.73 Å². The maximum atomic E-state index is 14.9. The molecule has 1 aliphatic heterocycles. The van der Waals surface area contributed by atoms with Crippen molar-refractivity contribution in [1.29, 1.82) is 0 Å². The van der Waals surface area contributed by atoms with E-state index in [1.54, 1.807) is 6.92 Å². The summed E-state index contributed by atoms with van der Waals surface area (Å²) in [6.07, 6.45) is -2.89. The number of anilines is 1. The number of amides is 1. The van der Waals surface area contributed by atoms with Gasteiger partial charge in [0, 0.05) is 23.2 Å². The molecule has 3 N–H and O–H groups in total. The number of rotatable bonds is 6. The van der Waals surface area contributed by atoms with Crippen molar-refractivity contribution in [3.05, 3.63) is 47.4 Å². The molecule has 0 bridgehead atoms. The second kappa shape index (κ2) is 8.57. The van der Waals surface area contributed by atoms with Gasteiger partial charge in [-0.05, 0) is 18.9 Å². The molecule has 2 aliphatic rings. The number of carbonyl (C=O) groups excluding carboxylic acids is 1. The largest absolute Gasteiger partial charge is 0.467 e.